The molecular weight excluding hydrogens is 433 g/mol. The van der Waals surface area contributed by atoms with Gasteiger partial charge in [-0.3, -0.25) is 4.79 Å². The zero-order chi connectivity index (χ0) is 22.8. The smallest absolute Gasteiger partial charge is 0.352 e. The van der Waals surface area contributed by atoms with E-state index in [1.54, 1.807) is 0 Å². The van der Waals surface area contributed by atoms with Crippen LogP contribution < -0.4 is 5.32 Å². The summed E-state index contributed by atoms with van der Waals surface area (Å²) in [6, 6.07) is 12.7. The number of sulfonamides is 1. The second-order valence-corrected chi connectivity index (χ2v) is 9.19. The Kier molecular flexibility index (Phi) is 6.37. The highest BCUT2D eigenvalue weighted by Gasteiger charge is 2.38. The highest BCUT2D eigenvalue weighted by Crippen LogP contribution is 2.32. The SMILES string of the molecule is CN(C)S(=O)(=O)c1ccc2c(c1)nc(C(F)(F)F)n2CCC(=O)NCc1ccccc1. The first-order valence-corrected chi connectivity index (χ1v) is 10.7. The minimum Gasteiger partial charge on any atom is -0.352 e. The Morgan fingerprint density at radius 1 is 1.13 bits per heavy atom. The normalized spacial score (nSPS) is 12.5. The summed E-state index contributed by atoms with van der Waals surface area (Å²) in [5.74, 6) is -1.59. The van der Waals surface area contributed by atoms with Crippen molar-refractivity contribution in [2.24, 2.45) is 0 Å². The summed E-state index contributed by atoms with van der Waals surface area (Å²) >= 11 is 0. The van der Waals surface area contributed by atoms with E-state index >= 15 is 0 Å². The molecule has 0 aliphatic heterocycles. The van der Waals surface area contributed by atoms with E-state index in [0.717, 1.165) is 20.5 Å². The molecule has 0 radical (unpaired) electrons. The van der Waals surface area contributed by atoms with Crippen LogP contribution in [0.1, 0.15) is 17.8 Å². The first kappa shape index (κ1) is 22.8. The summed E-state index contributed by atoms with van der Waals surface area (Å²) in [5, 5.41) is 2.67. The molecule has 0 aliphatic rings. The van der Waals surface area contributed by atoms with Crippen LogP contribution in [-0.2, 0) is 34.1 Å². The number of alkyl halides is 3. The van der Waals surface area contributed by atoms with Crippen LogP contribution in [0.5, 0.6) is 0 Å². The Balaban J connectivity index is 1.85. The lowest BCUT2D eigenvalue weighted by atomic mass is 10.2. The molecule has 166 valence electrons. The number of aromatic nitrogens is 2. The van der Waals surface area contributed by atoms with Crippen LogP contribution in [0, 0.1) is 0 Å². The highest BCUT2D eigenvalue weighted by molar-refractivity contribution is 7.89. The summed E-state index contributed by atoms with van der Waals surface area (Å²) in [4.78, 5) is 15.6. The topological polar surface area (TPSA) is 84.3 Å². The number of fused-ring (bicyclic) bond motifs is 1. The second kappa shape index (κ2) is 8.67. The number of nitrogens with one attached hydrogen (secondary N) is 1. The van der Waals surface area contributed by atoms with Crippen molar-refractivity contribution in [3.8, 4) is 0 Å². The van der Waals surface area contributed by atoms with Crippen LogP contribution in [0.15, 0.2) is 53.4 Å². The maximum absolute atomic E-state index is 13.5. The van der Waals surface area contributed by atoms with Crippen molar-refractivity contribution >= 4 is 27.0 Å². The van der Waals surface area contributed by atoms with Crippen molar-refractivity contribution in [1.29, 1.82) is 0 Å². The first-order valence-electron chi connectivity index (χ1n) is 9.31. The summed E-state index contributed by atoms with van der Waals surface area (Å²) in [7, 11) is -1.17. The number of amides is 1. The van der Waals surface area contributed by atoms with Gasteiger partial charge in [0.05, 0.1) is 15.9 Å². The van der Waals surface area contributed by atoms with Gasteiger partial charge < -0.3 is 9.88 Å². The van der Waals surface area contributed by atoms with Crippen molar-refractivity contribution in [3.05, 3.63) is 59.9 Å². The number of hydrogen-bond donors (Lipinski definition) is 1. The number of rotatable bonds is 7. The van der Waals surface area contributed by atoms with Gasteiger partial charge >= 0.3 is 6.18 Å². The van der Waals surface area contributed by atoms with Gasteiger partial charge in [0.2, 0.25) is 21.8 Å². The van der Waals surface area contributed by atoms with E-state index in [-0.39, 0.29) is 35.4 Å². The fourth-order valence-corrected chi connectivity index (χ4v) is 3.94. The van der Waals surface area contributed by atoms with Gasteiger partial charge in [0, 0.05) is 33.6 Å². The number of carbonyl (C=O) groups excluding carboxylic acids is 1. The molecule has 0 saturated heterocycles. The van der Waals surface area contributed by atoms with Gasteiger partial charge in [-0.05, 0) is 23.8 Å². The van der Waals surface area contributed by atoms with Crippen LogP contribution >= 0.6 is 0 Å². The van der Waals surface area contributed by atoms with Gasteiger partial charge in [-0.15, -0.1) is 0 Å². The summed E-state index contributed by atoms with van der Waals surface area (Å²) in [5.41, 5.74) is 0.857. The lowest BCUT2D eigenvalue weighted by molar-refractivity contribution is -0.147. The van der Waals surface area contributed by atoms with Gasteiger partial charge in [0.15, 0.2) is 0 Å². The number of halogens is 3. The standard InChI is InChI=1S/C20H21F3N4O3S/c1-26(2)31(29,30)15-8-9-17-16(12-15)25-19(20(21,22)23)27(17)11-10-18(28)24-13-14-6-4-3-5-7-14/h3-9,12H,10-11,13H2,1-2H3,(H,24,28). The molecule has 7 nitrogen and oxygen atoms in total. The van der Waals surface area contributed by atoms with Crippen molar-refractivity contribution in [2.75, 3.05) is 14.1 Å². The maximum Gasteiger partial charge on any atom is 0.449 e. The van der Waals surface area contributed by atoms with Gasteiger partial charge in [0.1, 0.15) is 0 Å². The Labute approximate surface area is 177 Å². The molecule has 1 aromatic heterocycles. The molecule has 0 aliphatic carbocycles. The van der Waals surface area contributed by atoms with Gasteiger partial charge in [-0.1, -0.05) is 30.3 Å². The minimum atomic E-state index is -4.76. The van der Waals surface area contributed by atoms with E-state index < -0.39 is 27.9 Å². The molecule has 0 atom stereocenters. The third kappa shape index (κ3) is 5.05. The number of carbonyl (C=O) groups is 1. The van der Waals surface area contributed by atoms with Gasteiger partial charge in [-0.2, -0.15) is 13.2 Å². The Morgan fingerprint density at radius 2 is 1.81 bits per heavy atom. The van der Waals surface area contributed by atoms with E-state index in [9.17, 15) is 26.4 Å². The Hall–Kier alpha value is -2.92. The average Bonchev–Trinajstić information content (AvgIpc) is 3.09. The van der Waals surface area contributed by atoms with Crippen molar-refractivity contribution in [3.63, 3.8) is 0 Å². The summed E-state index contributed by atoms with van der Waals surface area (Å²) in [6.45, 7) is 0.00791. The third-order valence-corrected chi connectivity index (χ3v) is 6.46. The summed E-state index contributed by atoms with van der Waals surface area (Å²) < 4.78 is 67.0. The van der Waals surface area contributed by atoms with E-state index in [2.05, 4.69) is 10.3 Å². The van der Waals surface area contributed by atoms with Crippen LogP contribution in [0.4, 0.5) is 13.2 Å². The second-order valence-electron chi connectivity index (χ2n) is 7.04. The van der Waals surface area contributed by atoms with Crippen molar-refractivity contribution in [1.82, 2.24) is 19.2 Å². The zero-order valence-corrected chi connectivity index (χ0v) is 17.7. The molecule has 31 heavy (non-hydrogen) atoms. The molecule has 0 spiro atoms. The number of imidazole rings is 1. The molecule has 11 heteroatoms. The molecule has 0 saturated carbocycles. The summed E-state index contributed by atoms with van der Waals surface area (Å²) in [6.07, 6.45) is -4.96. The number of benzene rings is 2. The maximum atomic E-state index is 13.5. The van der Waals surface area contributed by atoms with E-state index in [0.29, 0.717) is 0 Å². The lowest BCUT2D eigenvalue weighted by Crippen LogP contribution is -2.25. The largest absolute Gasteiger partial charge is 0.449 e. The molecule has 3 rings (SSSR count). The lowest BCUT2D eigenvalue weighted by Gasteiger charge is -2.12. The Morgan fingerprint density at radius 3 is 2.42 bits per heavy atom. The number of nitrogens with zero attached hydrogens (tertiary/aromatic N) is 3. The molecule has 0 fully saturated rings. The van der Waals surface area contributed by atoms with E-state index in [4.69, 9.17) is 0 Å². The Bertz CT molecular complexity index is 1190. The van der Waals surface area contributed by atoms with Crippen LogP contribution in [0.25, 0.3) is 11.0 Å². The van der Waals surface area contributed by atoms with Gasteiger partial charge in [-0.25, -0.2) is 17.7 Å². The minimum absolute atomic E-state index is 0.0980. The van der Waals surface area contributed by atoms with Crippen LogP contribution in [-0.4, -0.2) is 42.3 Å². The number of hydrogen-bond acceptors (Lipinski definition) is 4. The third-order valence-electron chi connectivity index (χ3n) is 4.65. The average molecular weight is 454 g/mol. The van der Waals surface area contributed by atoms with E-state index in [1.165, 1.54) is 26.2 Å². The fraction of sp³-hybridized carbons (Fsp3) is 0.300. The monoisotopic (exact) mass is 454 g/mol. The molecule has 2 aromatic carbocycles. The number of aryl methyl sites for hydroxylation is 1. The zero-order valence-electron chi connectivity index (χ0n) is 16.8. The molecule has 0 unspecified atom stereocenters. The van der Waals surface area contributed by atoms with E-state index in [1.807, 2.05) is 30.3 Å². The van der Waals surface area contributed by atoms with Gasteiger partial charge in [0.25, 0.3) is 0 Å². The van der Waals surface area contributed by atoms with Crippen molar-refractivity contribution < 1.29 is 26.4 Å². The predicted octanol–water partition coefficient (Wildman–Crippen LogP) is 3.01. The molecule has 1 N–H and O–H groups in total. The predicted molar refractivity (Wildman–Crippen MR) is 109 cm³/mol. The fourth-order valence-electron chi connectivity index (χ4n) is 3.02. The van der Waals surface area contributed by atoms with Crippen molar-refractivity contribution in [2.45, 2.75) is 30.6 Å². The quantitative estimate of drug-likeness (QED) is 0.595. The molecule has 1 amide bonds. The van der Waals surface area contributed by atoms with Crippen LogP contribution in [0.3, 0.4) is 0 Å². The molecule has 0 bridgehead atoms. The molecular formula is C20H21F3N4O3S. The molecule has 3 aromatic rings. The highest BCUT2D eigenvalue weighted by atomic mass is 32.2. The first-order chi connectivity index (χ1) is 14.5. The molecule has 1 heterocycles. The van der Waals surface area contributed by atoms with Crippen LogP contribution in [0.2, 0.25) is 0 Å².